The van der Waals surface area contributed by atoms with Crippen LogP contribution in [0.5, 0.6) is 0 Å². The van der Waals surface area contributed by atoms with Gasteiger partial charge in [-0.2, -0.15) is 0 Å². The first-order chi connectivity index (χ1) is 5.66. The summed E-state index contributed by atoms with van der Waals surface area (Å²) in [4.78, 5) is 11.5. The van der Waals surface area contributed by atoms with E-state index in [0.717, 1.165) is 23.5 Å². The first kappa shape index (κ1) is 7.59. The van der Waals surface area contributed by atoms with Gasteiger partial charge >= 0.3 is 0 Å². The number of carbonyl (C=O) groups excluding carboxylic acids is 1. The van der Waals surface area contributed by atoms with Crippen LogP contribution in [0, 0.1) is 5.92 Å². The van der Waals surface area contributed by atoms with Crippen molar-refractivity contribution in [2.24, 2.45) is 5.92 Å². The lowest BCUT2D eigenvalue weighted by Crippen LogP contribution is -2.14. The zero-order valence-corrected chi connectivity index (χ0v) is 7.22. The Kier molecular flexibility index (Phi) is 1.56. The molecule has 0 N–H and O–H groups in total. The third-order valence-electron chi connectivity index (χ3n) is 2.38. The SMILES string of the molecule is C=C1CC2=C(CC(C)CC2=O)O1. The van der Waals surface area contributed by atoms with Crippen LogP contribution in [0.15, 0.2) is 23.7 Å². The average molecular weight is 164 g/mol. The molecule has 2 aliphatic rings. The van der Waals surface area contributed by atoms with Gasteiger partial charge in [-0.25, -0.2) is 0 Å². The summed E-state index contributed by atoms with van der Waals surface area (Å²) in [6.45, 7) is 5.80. The van der Waals surface area contributed by atoms with Crippen molar-refractivity contribution in [1.82, 2.24) is 0 Å². The van der Waals surface area contributed by atoms with Gasteiger partial charge in [0.15, 0.2) is 5.78 Å². The van der Waals surface area contributed by atoms with E-state index >= 15 is 0 Å². The Morgan fingerprint density at radius 2 is 2.25 bits per heavy atom. The number of carbonyl (C=O) groups is 1. The van der Waals surface area contributed by atoms with Gasteiger partial charge in [0.2, 0.25) is 0 Å². The molecule has 12 heavy (non-hydrogen) atoms. The minimum Gasteiger partial charge on any atom is -0.466 e. The molecule has 1 heterocycles. The number of ketones is 1. The molecule has 0 fully saturated rings. The van der Waals surface area contributed by atoms with Crippen molar-refractivity contribution in [1.29, 1.82) is 0 Å². The maximum absolute atomic E-state index is 11.5. The number of allylic oxidation sites excluding steroid dienone is 2. The van der Waals surface area contributed by atoms with E-state index in [4.69, 9.17) is 4.74 Å². The summed E-state index contributed by atoms with van der Waals surface area (Å²) < 4.78 is 5.37. The third-order valence-corrected chi connectivity index (χ3v) is 2.38. The highest BCUT2D eigenvalue weighted by Crippen LogP contribution is 2.37. The zero-order valence-electron chi connectivity index (χ0n) is 7.22. The fourth-order valence-electron chi connectivity index (χ4n) is 1.81. The molecule has 0 aromatic heterocycles. The Morgan fingerprint density at radius 1 is 1.50 bits per heavy atom. The summed E-state index contributed by atoms with van der Waals surface area (Å²) in [6.07, 6.45) is 2.22. The standard InChI is InChI=1S/C10H12O2/c1-6-3-9(11)8-5-7(2)12-10(8)4-6/h6H,2-5H2,1H3. The molecule has 0 amide bonds. The van der Waals surface area contributed by atoms with Crippen molar-refractivity contribution >= 4 is 5.78 Å². The molecular weight excluding hydrogens is 152 g/mol. The highest BCUT2D eigenvalue weighted by molar-refractivity contribution is 5.97. The molecule has 0 spiro atoms. The van der Waals surface area contributed by atoms with Crippen LogP contribution >= 0.6 is 0 Å². The van der Waals surface area contributed by atoms with Crippen LogP contribution in [0.25, 0.3) is 0 Å². The summed E-state index contributed by atoms with van der Waals surface area (Å²) >= 11 is 0. The van der Waals surface area contributed by atoms with Crippen molar-refractivity contribution in [2.45, 2.75) is 26.2 Å². The molecule has 64 valence electrons. The van der Waals surface area contributed by atoms with Gasteiger partial charge in [0.05, 0.1) is 0 Å². The molecule has 0 saturated carbocycles. The van der Waals surface area contributed by atoms with E-state index in [0.29, 0.717) is 18.8 Å². The fraction of sp³-hybridized carbons (Fsp3) is 0.500. The van der Waals surface area contributed by atoms with Crippen molar-refractivity contribution < 1.29 is 9.53 Å². The third kappa shape index (κ3) is 1.07. The van der Waals surface area contributed by atoms with E-state index in [1.165, 1.54) is 0 Å². The Morgan fingerprint density at radius 3 is 3.00 bits per heavy atom. The topological polar surface area (TPSA) is 26.3 Å². The average Bonchev–Trinajstić information content (AvgIpc) is 2.29. The van der Waals surface area contributed by atoms with Gasteiger partial charge in [-0.1, -0.05) is 13.5 Å². The van der Waals surface area contributed by atoms with E-state index < -0.39 is 0 Å². The monoisotopic (exact) mass is 164 g/mol. The molecule has 0 saturated heterocycles. The van der Waals surface area contributed by atoms with E-state index in [2.05, 4.69) is 13.5 Å². The number of rotatable bonds is 0. The maximum Gasteiger partial charge on any atom is 0.162 e. The molecular formula is C10H12O2. The van der Waals surface area contributed by atoms with Gasteiger partial charge < -0.3 is 4.74 Å². The number of hydrogen-bond acceptors (Lipinski definition) is 2. The molecule has 0 radical (unpaired) electrons. The molecule has 0 aromatic rings. The normalized spacial score (nSPS) is 28.9. The lowest BCUT2D eigenvalue weighted by molar-refractivity contribution is -0.117. The lowest BCUT2D eigenvalue weighted by Gasteiger charge is -2.17. The fourth-order valence-corrected chi connectivity index (χ4v) is 1.81. The molecule has 0 bridgehead atoms. The van der Waals surface area contributed by atoms with Crippen LogP contribution in [0.4, 0.5) is 0 Å². The van der Waals surface area contributed by atoms with Gasteiger partial charge in [0.25, 0.3) is 0 Å². The molecule has 1 unspecified atom stereocenters. The summed E-state index contributed by atoms with van der Waals surface area (Å²) in [6, 6.07) is 0. The number of ether oxygens (including phenoxy) is 1. The number of Topliss-reactive ketones (excluding diaryl/α,β-unsaturated/α-hetero) is 1. The predicted molar refractivity (Wildman–Crippen MR) is 45.3 cm³/mol. The predicted octanol–water partition coefficient (Wildman–Crippen LogP) is 2.17. The van der Waals surface area contributed by atoms with E-state index in [9.17, 15) is 4.79 Å². The molecule has 2 heteroatoms. The van der Waals surface area contributed by atoms with Crippen molar-refractivity contribution in [2.75, 3.05) is 0 Å². The molecule has 2 nitrogen and oxygen atoms in total. The summed E-state index contributed by atoms with van der Waals surface area (Å²) in [5.41, 5.74) is 0.873. The second-order valence-corrected chi connectivity index (χ2v) is 3.66. The van der Waals surface area contributed by atoms with E-state index in [1.54, 1.807) is 0 Å². The van der Waals surface area contributed by atoms with Crippen LogP contribution in [0.3, 0.4) is 0 Å². The van der Waals surface area contributed by atoms with Crippen LogP contribution in [-0.4, -0.2) is 5.78 Å². The molecule has 1 aliphatic heterocycles. The zero-order chi connectivity index (χ0) is 8.72. The molecule has 2 rings (SSSR count). The largest absolute Gasteiger partial charge is 0.466 e. The molecule has 1 aliphatic carbocycles. The van der Waals surface area contributed by atoms with Crippen molar-refractivity contribution in [3.8, 4) is 0 Å². The van der Waals surface area contributed by atoms with Gasteiger partial charge in [0, 0.05) is 24.8 Å². The van der Waals surface area contributed by atoms with Gasteiger partial charge in [-0.05, 0) is 5.92 Å². The van der Waals surface area contributed by atoms with Crippen LogP contribution in [-0.2, 0) is 9.53 Å². The minimum atomic E-state index is 0.252. The Balaban J connectivity index is 2.30. The summed E-state index contributed by atoms with van der Waals surface area (Å²) in [5.74, 6) is 2.29. The Hall–Kier alpha value is -1.05. The molecule has 0 aromatic carbocycles. The second kappa shape index (κ2) is 2.47. The summed E-state index contributed by atoms with van der Waals surface area (Å²) in [5, 5.41) is 0. The van der Waals surface area contributed by atoms with Gasteiger partial charge in [0.1, 0.15) is 11.5 Å². The first-order valence-corrected chi connectivity index (χ1v) is 4.27. The van der Waals surface area contributed by atoms with Crippen molar-refractivity contribution in [3.63, 3.8) is 0 Å². The van der Waals surface area contributed by atoms with Crippen molar-refractivity contribution in [3.05, 3.63) is 23.7 Å². The van der Waals surface area contributed by atoms with E-state index in [-0.39, 0.29) is 5.78 Å². The van der Waals surface area contributed by atoms with Crippen LogP contribution in [0.1, 0.15) is 26.2 Å². The highest BCUT2D eigenvalue weighted by Gasteiger charge is 2.31. The Bertz CT molecular complexity index is 286. The summed E-state index contributed by atoms with van der Waals surface area (Å²) in [7, 11) is 0. The minimum absolute atomic E-state index is 0.252. The van der Waals surface area contributed by atoms with E-state index in [1.807, 2.05) is 0 Å². The van der Waals surface area contributed by atoms with Crippen LogP contribution in [0.2, 0.25) is 0 Å². The Labute approximate surface area is 71.9 Å². The van der Waals surface area contributed by atoms with Gasteiger partial charge in [-0.15, -0.1) is 0 Å². The van der Waals surface area contributed by atoms with Gasteiger partial charge in [-0.3, -0.25) is 4.79 Å². The highest BCUT2D eigenvalue weighted by atomic mass is 16.5. The number of hydrogen-bond donors (Lipinski definition) is 0. The smallest absolute Gasteiger partial charge is 0.162 e. The molecule has 1 atom stereocenters. The van der Waals surface area contributed by atoms with Crippen LogP contribution < -0.4 is 0 Å². The first-order valence-electron chi connectivity index (χ1n) is 4.27. The lowest BCUT2D eigenvalue weighted by atomic mass is 9.88. The maximum atomic E-state index is 11.5. The second-order valence-electron chi connectivity index (χ2n) is 3.66. The quantitative estimate of drug-likeness (QED) is 0.548.